The molecular weight excluding hydrogens is 313 g/mol. The average Bonchev–Trinajstić information content (AvgIpc) is 2.85. The number of rotatable bonds is 0. The normalized spacial score (nSPS) is 8.11. The summed E-state index contributed by atoms with van der Waals surface area (Å²) >= 11 is 0. The Hall–Kier alpha value is -0.140. The van der Waals surface area contributed by atoms with Gasteiger partial charge in [0.15, 0.2) is 0 Å². The molecule has 0 aromatic carbocycles. The van der Waals surface area contributed by atoms with Crippen molar-refractivity contribution >= 4 is 9.52 Å². The van der Waals surface area contributed by atoms with Crippen molar-refractivity contribution in [3.8, 4) is 0 Å². The van der Waals surface area contributed by atoms with E-state index in [0.717, 1.165) is 15.9 Å². The predicted molar refractivity (Wildman–Crippen MR) is 85.7 cm³/mol. The summed E-state index contributed by atoms with van der Waals surface area (Å²) in [5, 5.41) is 0. The summed E-state index contributed by atoms with van der Waals surface area (Å²) in [5.41, 5.74) is 0. The fraction of sp³-hybridized carbons (Fsp3) is 0.200. The Kier molecular flexibility index (Phi) is 72.1. The SMILES string of the molecule is C[SiH]C.[C-]1=CC=CC1.[CH3-].[CH3-].[CH3-].[CH3-].[Zr].[c-]1ccc[nH]1. The molecule has 18 heavy (non-hydrogen) atoms. The first kappa shape index (κ1) is 36.1. The van der Waals surface area contributed by atoms with Gasteiger partial charge in [-0.1, -0.05) is 13.1 Å². The van der Waals surface area contributed by atoms with Crippen molar-refractivity contribution in [2.45, 2.75) is 19.5 Å². The molecule has 1 aromatic heterocycles. The molecule has 1 aliphatic carbocycles. The zero-order chi connectivity index (χ0) is 9.78. The molecule has 0 aliphatic heterocycles. The van der Waals surface area contributed by atoms with Gasteiger partial charge in [-0.2, -0.15) is 24.4 Å². The van der Waals surface area contributed by atoms with Crippen LogP contribution in [0.5, 0.6) is 0 Å². The van der Waals surface area contributed by atoms with E-state index in [-0.39, 0.29) is 55.9 Å². The molecule has 1 N–H and O–H groups in total. The fourth-order valence-corrected chi connectivity index (χ4v) is 0.581. The number of hydrogen-bond donors (Lipinski definition) is 1. The van der Waals surface area contributed by atoms with Crippen LogP contribution in [0.3, 0.4) is 0 Å². The largest absolute Gasteiger partial charge is 0.484 e. The second-order valence-corrected chi connectivity index (χ2v) is 3.55. The Balaban J connectivity index is -0.0000000271. The van der Waals surface area contributed by atoms with Crippen LogP contribution in [0, 0.1) is 42.0 Å². The standard InChI is InChI=1S/C5H5.C4H4N.C2H7Si.4CH3.Zr/c2*1-2-4-5-3-1;1-3-2;;;;;/h1-3H,4H2;1-3,5H;3H,1-2H3;4*1H3;/q2*-1;;4*-1;. The van der Waals surface area contributed by atoms with Gasteiger partial charge in [-0.05, 0) is 0 Å². The fourth-order valence-electron chi connectivity index (χ4n) is 0.581. The molecule has 0 spiro atoms. The van der Waals surface area contributed by atoms with Gasteiger partial charge in [-0.25, -0.2) is 12.2 Å². The average molecular weight is 342 g/mol. The maximum Gasteiger partial charge on any atom is 0.0213 e. The molecule has 0 saturated carbocycles. The Bertz CT molecular complexity index is 191. The zero-order valence-electron chi connectivity index (χ0n) is 12.7. The second-order valence-electron chi connectivity index (χ2n) is 2.39. The van der Waals surface area contributed by atoms with Crippen molar-refractivity contribution in [2.75, 3.05) is 0 Å². The molecule has 3 heteroatoms. The number of nitrogens with one attached hydrogen (secondary N) is 1. The van der Waals surface area contributed by atoms with Crippen molar-refractivity contribution in [3.05, 3.63) is 78.5 Å². The summed E-state index contributed by atoms with van der Waals surface area (Å²) < 4.78 is 0. The number of aromatic amines is 1. The number of hydrogen-bond acceptors (Lipinski definition) is 0. The Morgan fingerprint density at radius 2 is 1.67 bits per heavy atom. The van der Waals surface area contributed by atoms with Gasteiger partial charge in [0, 0.05) is 35.7 Å². The molecule has 0 unspecified atom stereocenters. The van der Waals surface area contributed by atoms with Crippen LogP contribution >= 0.6 is 0 Å². The Morgan fingerprint density at radius 1 is 1.11 bits per heavy atom. The van der Waals surface area contributed by atoms with Gasteiger partial charge in [0.2, 0.25) is 0 Å². The summed E-state index contributed by atoms with van der Waals surface area (Å²) in [6.45, 7) is 4.42. The predicted octanol–water partition coefficient (Wildman–Crippen LogP) is 4.44. The zero-order valence-corrected chi connectivity index (χ0v) is 16.4. The van der Waals surface area contributed by atoms with E-state index in [1.165, 1.54) is 0 Å². The molecule has 0 atom stereocenters. The van der Waals surface area contributed by atoms with Crippen molar-refractivity contribution < 1.29 is 26.2 Å². The summed E-state index contributed by atoms with van der Waals surface area (Å²) in [6.07, 6.45) is 14.6. The van der Waals surface area contributed by atoms with Crippen LogP contribution in [0.2, 0.25) is 13.1 Å². The maximum absolute atomic E-state index is 2.99. The molecular formula is C15H28NSiZr-6. The third-order valence-electron chi connectivity index (χ3n) is 1.03. The number of allylic oxidation sites excluding steroid dienone is 4. The monoisotopic (exact) mass is 340 g/mol. The minimum Gasteiger partial charge on any atom is -0.484 e. The molecule has 0 amide bonds. The summed E-state index contributed by atoms with van der Waals surface area (Å²) in [4.78, 5) is 2.74. The molecule has 1 nitrogen and oxygen atoms in total. The van der Waals surface area contributed by atoms with Crippen LogP contribution in [0.1, 0.15) is 6.42 Å². The smallest absolute Gasteiger partial charge is 0.0213 e. The summed E-state index contributed by atoms with van der Waals surface area (Å²) in [5.74, 6) is 0. The van der Waals surface area contributed by atoms with Crippen LogP contribution in [0.25, 0.3) is 0 Å². The van der Waals surface area contributed by atoms with Crippen LogP contribution in [0.4, 0.5) is 0 Å². The molecule has 0 fully saturated rings. The minimum atomic E-state index is 0. The van der Waals surface area contributed by atoms with Gasteiger partial charge in [0.1, 0.15) is 0 Å². The van der Waals surface area contributed by atoms with E-state index in [9.17, 15) is 0 Å². The summed E-state index contributed by atoms with van der Waals surface area (Å²) in [6, 6.07) is 3.71. The van der Waals surface area contributed by atoms with Gasteiger partial charge in [0.25, 0.3) is 0 Å². The first-order valence-electron chi connectivity index (χ1n) is 4.37. The van der Waals surface area contributed by atoms with E-state index in [4.69, 9.17) is 0 Å². The van der Waals surface area contributed by atoms with E-state index < -0.39 is 0 Å². The van der Waals surface area contributed by atoms with E-state index in [0.29, 0.717) is 0 Å². The van der Waals surface area contributed by atoms with Crippen LogP contribution in [-0.4, -0.2) is 14.5 Å². The van der Waals surface area contributed by atoms with E-state index in [2.05, 4.69) is 36.4 Å². The molecule has 2 rings (SSSR count). The van der Waals surface area contributed by atoms with Crippen molar-refractivity contribution in [1.82, 2.24) is 4.98 Å². The second kappa shape index (κ2) is 36.0. The third-order valence-corrected chi connectivity index (χ3v) is 1.03. The number of H-pyrrole nitrogens is 1. The maximum atomic E-state index is 2.99. The summed E-state index contributed by atoms with van der Waals surface area (Å²) in [7, 11) is 0.750. The van der Waals surface area contributed by atoms with Crippen molar-refractivity contribution in [3.63, 3.8) is 0 Å². The third kappa shape index (κ3) is 36.0. The van der Waals surface area contributed by atoms with Crippen LogP contribution < -0.4 is 0 Å². The first-order valence-corrected chi connectivity index (χ1v) is 6.68. The van der Waals surface area contributed by atoms with E-state index >= 15 is 0 Å². The molecule has 0 saturated heterocycles. The molecule has 1 heterocycles. The topological polar surface area (TPSA) is 15.8 Å². The van der Waals surface area contributed by atoms with Gasteiger partial charge < -0.3 is 34.7 Å². The van der Waals surface area contributed by atoms with Crippen LogP contribution in [-0.2, 0) is 26.2 Å². The van der Waals surface area contributed by atoms with Crippen molar-refractivity contribution in [2.24, 2.45) is 0 Å². The molecule has 1 aliphatic rings. The quantitative estimate of drug-likeness (QED) is 0.530. The van der Waals surface area contributed by atoms with Gasteiger partial charge in [-0.3, -0.25) is 6.08 Å². The Labute approximate surface area is 138 Å². The molecule has 1 radical (unpaired) electrons. The minimum absolute atomic E-state index is 0. The van der Waals surface area contributed by atoms with Gasteiger partial charge in [0.05, 0.1) is 0 Å². The first-order chi connectivity index (χ1) is 6.41. The molecule has 1 aromatic rings. The van der Waals surface area contributed by atoms with Gasteiger partial charge >= 0.3 is 0 Å². The van der Waals surface area contributed by atoms with E-state index in [1.54, 1.807) is 0 Å². The molecule has 0 bridgehead atoms. The molecule has 107 valence electrons. The van der Waals surface area contributed by atoms with E-state index in [1.807, 2.05) is 30.5 Å². The van der Waals surface area contributed by atoms with Crippen molar-refractivity contribution in [1.29, 1.82) is 0 Å². The van der Waals surface area contributed by atoms with Gasteiger partial charge in [-0.15, -0.1) is 12.6 Å². The Morgan fingerprint density at radius 3 is 1.78 bits per heavy atom. The number of aromatic nitrogens is 1. The van der Waals surface area contributed by atoms with Crippen LogP contribution in [0.15, 0.2) is 36.6 Å².